The highest BCUT2D eigenvalue weighted by Gasteiger charge is 1.91. The minimum absolute atomic E-state index is 0.507. The van der Waals surface area contributed by atoms with Crippen LogP contribution in [0, 0.1) is 0 Å². The van der Waals surface area contributed by atoms with E-state index in [0.29, 0.717) is 12.5 Å². The van der Waals surface area contributed by atoms with Crippen molar-refractivity contribution in [2.75, 3.05) is 11.9 Å². The lowest BCUT2D eigenvalue weighted by molar-refractivity contribution is 0.881. The third-order valence-corrected chi connectivity index (χ3v) is 1.83. The maximum Gasteiger partial charge on any atom is 0.263 e. The lowest BCUT2D eigenvalue weighted by Crippen LogP contribution is -1.99. The van der Waals surface area contributed by atoms with E-state index in [0.717, 1.165) is 0 Å². The van der Waals surface area contributed by atoms with E-state index in [9.17, 15) is 0 Å². The number of rotatable bonds is 4. The zero-order valence-corrected chi connectivity index (χ0v) is 8.09. The summed E-state index contributed by atoms with van der Waals surface area (Å²) in [6.07, 6.45) is 4.04. The Bertz CT molecular complexity index is 407. The zero-order chi connectivity index (χ0) is 10.3. The van der Waals surface area contributed by atoms with Gasteiger partial charge in [0.2, 0.25) is 0 Å². The van der Waals surface area contributed by atoms with E-state index in [1.807, 2.05) is 42.5 Å². The number of anilines is 1. The third-order valence-electron chi connectivity index (χ3n) is 1.83. The van der Waals surface area contributed by atoms with Crippen LogP contribution < -0.4 is 5.32 Å². The van der Waals surface area contributed by atoms with Crippen molar-refractivity contribution in [1.82, 2.24) is 20.6 Å². The maximum atomic E-state index is 3.77. The van der Waals surface area contributed by atoms with Gasteiger partial charge in [0.15, 0.2) is 0 Å². The first-order chi connectivity index (χ1) is 7.45. The van der Waals surface area contributed by atoms with E-state index in [2.05, 4.69) is 25.9 Å². The monoisotopic (exact) mass is 201 g/mol. The Balaban J connectivity index is 1.81. The average Bonchev–Trinajstić information content (AvgIpc) is 2.79. The molecule has 5 heteroatoms. The molecule has 0 atom stereocenters. The fourth-order valence-corrected chi connectivity index (χ4v) is 1.15. The molecular formula is C10H11N5. The van der Waals surface area contributed by atoms with E-state index < -0.39 is 0 Å². The molecule has 15 heavy (non-hydrogen) atoms. The molecule has 5 nitrogen and oxygen atoms in total. The second kappa shape index (κ2) is 4.90. The van der Waals surface area contributed by atoms with Gasteiger partial charge in [-0.15, -0.1) is 5.10 Å². The molecule has 0 aliphatic carbocycles. The van der Waals surface area contributed by atoms with Crippen molar-refractivity contribution in [3.8, 4) is 0 Å². The number of nitrogens with one attached hydrogen (secondary N) is 2. The fourth-order valence-electron chi connectivity index (χ4n) is 1.15. The summed E-state index contributed by atoms with van der Waals surface area (Å²) in [5.41, 5.74) is 1.17. The maximum absolute atomic E-state index is 3.77. The quantitative estimate of drug-likeness (QED) is 0.783. The molecule has 0 fully saturated rings. The van der Waals surface area contributed by atoms with Crippen LogP contribution in [0.25, 0.3) is 6.08 Å². The second-order valence-electron chi connectivity index (χ2n) is 2.93. The van der Waals surface area contributed by atoms with E-state index in [1.165, 1.54) is 5.56 Å². The number of hydrogen-bond acceptors (Lipinski definition) is 4. The van der Waals surface area contributed by atoms with E-state index >= 15 is 0 Å². The molecule has 76 valence electrons. The van der Waals surface area contributed by atoms with Gasteiger partial charge in [-0.3, -0.25) is 0 Å². The van der Waals surface area contributed by atoms with Crippen molar-refractivity contribution in [2.24, 2.45) is 0 Å². The van der Waals surface area contributed by atoms with Crippen LogP contribution in [-0.2, 0) is 0 Å². The number of aromatic nitrogens is 4. The molecule has 2 rings (SSSR count). The van der Waals surface area contributed by atoms with Crippen LogP contribution in [0.5, 0.6) is 0 Å². The lowest BCUT2D eigenvalue weighted by Gasteiger charge is -1.94. The average molecular weight is 201 g/mol. The van der Waals surface area contributed by atoms with E-state index in [-0.39, 0.29) is 0 Å². The Kier molecular flexibility index (Phi) is 3.07. The van der Waals surface area contributed by atoms with Crippen molar-refractivity contribution in [3.05, 3.63) is 42.0 Å². The number of nitrogens with zero attached hydrogens (tertiary/aromatic N) is 3. The smallest absolute Gasteiger partial charge is 0.263 e. The molecule has 2 aromatic rings. The summed E-state index contributed by atoms with van der Waals surface area (Å²) in [5.74, 6) is 0.507. The normalized spacial score (nSPS) is 10.7. The predicted octanol–water partition coefficient (Wildman–Crippen LogP) is 1.32. The summed E-state index contributed by atoms with van der Waals surface area (Å²) >= 11 is 0. The Hall–Kier alpha value is -2.17. The lowest BCUT2D eigenvalue weighted by atomic mass is 10.2. The minimum atomic E-state index is 0.507. The summed E-state index contributed by atoms with van der Waals surface area (Å²) < 4.78 is 0. The molecule has 0 radical (unpaired) electrons. The zero-order valence-electron chi connectivity index (χ0n) is 8.09. The van der Waals surface area contributed by atoms with Crippen molar-refractivity contribution in [3.63, 3.8) is 0 Å². The molecule has 0 saturated carbocycles. The van der Waals surface area contributed by atoms with Crippen molar-refractivity contribution < 1.29 is 0 Å². The van der Waals surface area contributed by atoms with E-state index in [1.54, 1.807) is 0 Å². The first kappa shape index (κ1) is 9.39. The van der Waals surface area contributed by atoms with Gasteiger partial charge >= 0.3 is 0 Å². The molecule has 0 bridgehead atoms. The summed E-state index contributed by atoms with van der Waals surface area (Å²) in [6.45, 7) is 0.675. The molecule has 1 aromatic heterocycles. The third kappa shape index (κ3) is 2.91. The van der Waals surface area contributed by atoms with Crippen molar-refractivity contribution >= 4 is 12.0 Å². The van der Waals surface area contributed by atoms with Crippen LogP contribution in [0.1, 0.15) is 5.56 Å². The Morgan fingerprint density at radius 3 is 2.87 bits per heavy atom. The summed E-state index contributed by atoms with van der Waals surface area (Å²) in [4.78, 5) is 0. The molecular weight excluding hydrogens is 190 g/mol. The van der Waals surface area contributed by atoms with Crippen LogP contribution in [0.3, 0.4) is 0 Å². The van der Waals surface area contributed by atoms with Crippen molar-refractivity contribution in [2.45, 2.75) is 0 Å². The van der Waals surface area contributed by atoms with E-state index in [4.69, 9.17) is 0 Å². The molecule has 1 heterocycles. The van der Waals surface area contributed by atoms with Crippen molar-refractivity contribution in [1.29, 1.82) is 0 Å². The summed E-state index contributed by atoms with van der Waals surface area (Å²) in [5, 5.41) is 16.3. The van der Waals surface area contributed by atoms with Gasteiger partial charge in [-0.05, 0) is 10.8 Å². The minimum Gasteiger partial charge on any atom is -0.348 e. The molecule has 0 aliphatic rings. The number of aromatic amines is 1. The van der Waals surface area contributed by atoms with Crippen LogP contribution in [0.2, 0.25) is 0 Å². The van der Waals surface area contributed by atoms with Gasteiger partial charge in [-0.2, -0.15) is 5.21 Å². The molecule has 0 saturated heterocycles. The Morgan fingerprint density at radius 1 is 1.27 bits per heavy atom. The highest BCUT2D eigenvalue weighted by atomic mass is 15.5. The van der Waals surface area contributed by atoms with Gasteiger partial charge in [0.1, 0.15) is 0 Å². The highest BCUT2D eigenvalue weighted by molar-refractivity contribution is 5.49. The number of benzene rings is 1. The first-order valence-corrected chi connectivity index (χ1v) is 4.64. The van der Waals surface area contributed by atoms with Gasteiger partial charge in [-0.25, -0.2) is 0 Å². The molecule has 0 aliphatic heterocycles. The fraction of sp³-hybridized carbons (Fsp3) is 0.100. The van der Waals surface area contributed by atoms with Crippen LogP contribution in [0.15, 0.2) is 36.4 Å². The number of hydrogen-bond donors (Lipinski definition) is 2. The molecule has 0 unspecified atom stereocenters. The molecule has 0 spiro atoms. The summed E-state index contributed by atoms with van der Waals surface area (Å²) in [6, 6.07) is 10.1. The molecule has 0 amide bonds. The second-order valence-corrected chi connectivity index (χ2v) is 2.93. The number of tetrazole rings is 1. The molecule has 2 N–H and O–H groups in total. The van der Waals surface area contributed by atoms with Gasteiger partial charge in [0.05, 0.1) is 0 Å². The van der Waals surface area contributed by atoms with Crippen LogP contribution >= 0.6 is 0 Å². The van der Waals surface area contributed by atoms with Gasteiger partial charge in [0, 0.05) is 6.54 Å². The molecule has 1 aromatic carbocycles. The number of H-pyrrole nitrogens is 1. The van der Waals surface area contributed by atoms with Crippen LogP contribution in [-0.4, -0.2) is 27.2 Å². The van der Waals surface area contributed by atoms with Gasteiger partial charge in [-0.1, -0.05) is 47.6 Å². The van der Waals surface area contributed by atoms with Crippen LogP contribution in [0.4, 0.5) is 5.95 Å². The Morgan fingerprint density at radius 2 is 2.13 bits per heavy atom. The Labute approximate surface area is 87.2 Å². The highest BCUT2D eigenvalue weighted by Crippen LogP contribution is 2.00. The standard InChI is InChI=1S/C10H11N5/c1-2-5-9(6-3-1)7-4-8-11-10-12-14-15-13-10/h1-7H,8H2,(H2,11,12,13,14,15)/b7-4-. The van der Waals surface area contributed by atoms with Gasteiger partial charge < -0.3 is 5.32 Å². The topological polar surface area (TPSA) is 66.5 Å². The SMILES string of the molecule is C(=C/c1ccccc1)/CNc1nn[nH]n1. The summed E-state index contributed by atoms with van der Waals surface area (Å²) in [7, 11) is 0. The van der Waals surface area contributed by atoms with Gasteiger partial charge in [0.25, 0.3) is 5.95 Å². The first-order valence-electron chi connectivity index (χ1n) is 4.64. The largest absolute Gasteiger partial charge is 0.348 e. The predicted molar refractivity (Wildman–Crippen MR) is 58.1 cm³/mol.